The summed E-state index contributed by atoms with van der Waals surface area (Å²) < 4.78 is 1.19. The third kappa shape index (κ3) is 3.49. The average Bonchev–Trinajstić information content (AvgIpc) is 2.51. The Morgan fingerprint density at radius 1 is 1.27 bits per heavy atom. The fraction of sp³-hybridized carbons (Fsp3) is 0.235. The molecule has 0 fully saturated rings. The third-order valence-electron chi connectivity index (χ3n) is 3.44. The molecule has 1 heterocycles. The molecule has 0 saturated carbocycles. The van der Waals surface area contributed by atoms with E-state index in [9.17, 15) is 9.59 Å². The number of hydrogen-bond donors (Lipinski definition) is 1. The maximum Gasteiger partial charge on any atom is 0.279 e. The molecule has 0 aliphatic rings. The molecule has 0 aliphatic heterocycles. The Morgan fingerprint density at radius 3 is 2.64 bits per heavy atom. The van der Waals surface area contributed by atoms with E-state index in [1.165, 1.54) is 4.68 Å². The van der Waals surface area contributed by atoms with Gasteiger partial charge in [0.05, 0.1) is 5.69 Å². The molecule has 0 unspecified atom stereocenters. The van der Waals surface area contributed by atoms with Crippen LogP contribution in [0, 0.1) is 13.8 Å². The Morgan fingerprint density at radius 2 is 1.95 bits per heavy atom. The number of benzene rings is 1. The van der Waals surface area contributed by atoms with Gasteiger partial charge in [0.15, 0.2) is 0 Å². The van der Waals surface area contributed by atoms with Crippen molar-refractivity contribution in [1.29, 1.82) is 0 Å². The molecule has 114 valence electrons. The minimum atomic E-state index is -0.382. The van der Waals surface area contributed by atoms with Crippen LogP contribution < -0.4 is 10.9 Å². The zero-order valence-electron chi connectivity index (χ0n) is 13.0. The van der Waals surface area contributed by atoms with Gasteiger partial charge in [-0.05, 0) is 25.0 Å². The molecule has 0 radical (unpaired) electrons. The van der Waals surface area contributed by atoms with Crippen molar-refractivity contribution >= 4 is 12.0 Å². The van der Waals surface area contributed by atoms with E-state index in [1.54, 1.807) is 20.9 Å². The molecule has 2 aromatic rings. The van der Waals surface area contributed by atoms with Crippen LogP contribution in [-0.2, 0) is 7.05 Å². The maximum absolute atomic E-state index is 12.2. The molecule has 0 aliphatic carbocycles. The molecule has 1 aromatic carbocycles. The van der Waals surface area contributed by atoms with Crippen molar-refractivity contribution in [3.63, 3.8) is 0 Å². The molecule has 0 saturated heterocycles. The van der Waals surface area contributed by atoms with E-state index >= 15 is 0 Å². The summed E-state index contributed by atoms with van der Waals surface area (Å²) in [6, 6.07) is 9.80. The molecule has 1 N–H and O–H groups in total. The Balaban J connectivity index is 2.08. The van der Waals surface area contributed by atoms with Crippen molar-refractivity contribution in [2.45, 2.75) is 13.8 Å². The number of hydrogen-bond acceptors (Lipinski definition) is 3. The Labute approximate surface area is 129 Å². The lowest BCUT2D eigenvalue weighted by Gasteiger charge is -2.09. The molecule has 0 bridgehead atoms. The summed E-state index contributed by atoms with van der Waals surface area (Å²) in [5.74, 6) is -0.374. The van der Waals surface area contributed by atoms with Crippen LogP contribution in [0.5, 0.6) is 0 Å². The van der Waals surface area contributed by atoms with E-state index in [1.807, 2.05) is 42.5 Å². The van der Waals surface area contributed by atoms with Crippen LogP contribution >= 0.6 is 0 Å². The third-order valence-corrected chi connectivity index (χ3v) is 3.44. The molecular weight excluding hydrogens is 278 g/mol. The molecular formula is C17H19N3O2. The first-order valence-corrected chi connectivity index (χ1v) is 7.05. The van der Waals surface area contributed by atoms with Gasteiger partial charge < -0.3 is 5.32 Å². The number of rotatable bonds is 4. The van der Waals surface area contributed by atoms with E-state index in [0.29, 0.717) is 17.8 Å². The lowest BCUT2D eigenvalue weighted by Crippen LogP contribution is -2.35. The number of aryl methyl sites for hydroxylation is 2. The van der Waals surface area contributed by atoms with E-state index < -0.39 is 0 Å². The van der Waals surface area contributed by atoms with Crippen LogP contribution in [-0.4, -0.2) is 22.2 Å². The van der Waals surface area contributed by atoms with Gasteiger partial charge in [0.2, 0.25) is 0 Å². The summed E-state index contributed by atoms with van der Waals surface area (Å²) >= 11 is 0. The van der Waals surface area contributed by atoms with Crippen molar-refractivity contribution in [3.05, 3.63) is 69.1 Å². The highest BCUT2D eigenvalue weighted by Gasteiger charge is 2.16. The molecule has 1 amide bonds. The first kappa shape index (κ1) is 15.7. The van der Waals surface area contributed by atoms with Crippen molar-refractivity contribution in [3.8, 4) is 0 Å². The van der Waals surface area contributed by atoms with Gasteiger partial charge in [-0.15, -0.1) is 0 Å². The highest BCUT2D eigenvalue weighted by atomic mass is 16.2. The summed E-state index contributed by atoms with van der Waals surface area (Å²) in [5, 5.41) is 6.80. The average molecular weight is 297 g/mol. The first-order chi connectivity index (χ1) is 10.5. The van der Waals surface area contributed by atoms with E-state index in [-0.39, 0.29) is 17.0 Å². The quantitative estimate of drug-likeness (QED) is 0.936. The van der Waals surface area contributed by atoms with Gasteiger partial charge in [0.25, 0.3) is 11.5 Å². The number of aromatic nitrogens is 2. The summed E-state index contributed by atoms with van der Waals surface area (Å²) in [5.41, 5.74) is 2.12. The standard InChI is InChI=1S/C17H19N3O2/c1-12-13(2)19-20(3)17(22)15(12)16(21)18-11-7-10-14-8-5-4-6-9-14/h4-10H,11H2,1-3H3,(H,18,21)/b10-7+. The summed E-state index contributed by atoms with van der Waals surface area (Å²) in [7, 11) is 1.54. The SMILES string of the molecule is Cc1nn(C)c(=O)c(C(=O)NC/C=C/c2ccccc2)c1C. The van der Waals surface area contributed by atoms with Crippen molar-refractivity contribution < 1.29 is 4.79 Å². The topological polar surface area (TPSA) is 64.0 Å². The van der Waals surface area contributed by atoms with Crippen LogP contribution in [0.1, 0.15) is 27.2 Å². The molecule has 0 atom stereocenters. The molecule has 5 nitrogen and oxygen atoms in total. The highest BCUT2D eigenvalue weighted by Crippen LogP contribution is 2.05. The lowest BCUT2D eigenvalue weighted by molar-refractivity contribution is 0.0955. The minimum Gasteiger partial charge on any atom is -0.348 e. The van der Waals surface area contributed by atoms with Gasteiger partial charge in [-0.3, -0.25) is 9.59 Å². The van der Waals surface area contributed by atoms with Crippen LogP contribution in [0.25, 0.3) is 6.08 Å². The van der Waals surface area contributed by atoms with Crippen LogP contribution in [0.4, 0.5) is 0 Å². The van der Waals surface area contributed by atoms with E-state index in [4.69, 9.17) is 0 Å². The Kier molecular flexibility index (Phi) is 4.88. The predicted octanol–water partition coefficient (Wildman–Crippen LogP) is 1.84. The Hall–Kier alpha value is -2.69. The van der Waals surface area contributed by atoms with E-state index in [2.05, 4.69) is 10.4 Å². The zero-order chi connectivity index (χ0) is 16.1. The number of nitrogens with one attached hydrogen (secondary N) is 1. The molecule has 5 heteroatoms. The fourth-order valence-corrected chi connectivity index (χ4v) is 2.12. The van der Waals surface area contributed by atoms with E-state index in [0.717, 1.165) is 5.56 Å². The zero-order valence-corrected chi connectivity index (χ0v) is 13.0. The van der Waals surface area contributed by atoms with Crippen molar-refractivity contribution in [2.75, 3.05) is 6.54 Å². The number of amides is 1. The Bertz CT molecular complexity index is 761. The molecule has 1 aromatic heterocycles. The van der Waals surface area contributed by atoms with Crippen molar-refractivity contribution in [2.24, 2.45) is 7.05 Å². The van der Waals surface area contributed by atoms with Gasteiger partial charge in [0.1, 0.15) is 5.56 Å². The smallest absolute Gasteiger partial charge is 0.279 e. The fourth-order valence-electron chi connectivity index (χ4n) is 2.12. The lowest BCUT2D eigenvalue weighted by atomic mass is 10.1. The van der Waals surface area contributed by atoms with Crippen molar-refractivity contribution in [1.82, 2.24) is 15.1 Å². The second kappa shape index (κ2) is 6.85. The van der Waals surface area contributed by atoms with Crippen LogP contribution in [0.2, 0.25) is 0 Å². The molecule has 2 rings (SSSR count). The number of nitrogens with zero attached hydrogens (tertiary/aromatic N) is 2. The van der Waals surface area contributed by atoms with Crippen LogP contribution in [0.15, 0.2) is 41.2 Å². The highest BCUT2D eigenvalue weighted by molar-refractivity contribution is 5.95. The normalized spacial score (nSPS) is 10.9. The summed E-state index contributed by atoms with van der Waals surface area (Å²) in [4.78, 5) is 24.3. The maximum atomic E-state index is 12.2. The van der Waals surface area contributed by atoms with Gasteiger partial charge >= 0.3 is 0 Å². The number of carbonyl (C=O) groups is 1. The summed E-state index contributed by atoms with van der Waals surface area (Å²) in [6.45, 7) is 3.87. The van der Waals surface area contributed by atoms with Gasteiger partial charge in [-0.2, -0.15) is 5.10 Å². The second-order valence-corrected chi connectivity index (χ2v) is 5.04. The largest absolute Gasteiger partial charge is 0.348 e. The van der Waals surface area contributed by atoms with Crippen LogP contribution in [0.3, 0.4) is 0 Å². The monoisotopic (exact) mass is 297 g/mol. The molecule has 0 spiro atoms. The first-order valence-electron chi connectivity index (χ1n) is 7.05. The van der Waals surface area contributed by atoms with Gasteiger partial charge in [-0.1, -0.05) is 42.5 Å². The molecule has 22 heavy (non-hydrogen) atoms. The predicted molar refractivity (Wildman–Crippen MR) is 86.8 cm³/mol. The van der Waals surface area contributed by atoms with Gasteiger partial charge in [0, 0.05) is 13.6 Å². The second-order valence-electron chi connectivity index (χ2n) is 5.04. The minimum absolute atomic E-state index is 0.156. The van der Waals surface area contributed by atoms with Gasteiger partial charge in [-0.25, -0.2) is 4.68 Å². The number of carbonyl (C=O) groups excluding carboxylic acids is 1. The summed E-state index contributed by atoms with van der Waals surface area (Å²) in [6.07, 6.45) is 3.77.